The Hall–Kier alpha value is -3.70. The van der Waals surface area contributed by atoms with Crippen molar-refractivity contribution in [3.8, 4) is 6.01 Å². The van der Waals surface area contributed by atoms with Crippen LogP contribution in [-0.2, 0) is 17.8 Å². The molecule has 0 amide bonds. The molecule has 0 unspecified atom stereocenters. The molecular formula is C22H26N8O3. The van der Waals surface area contributed by atoms with Crippen molar-refractivity contribution in [2.24, 2.45) is 0 Å². The summed E-state index contributed by atoms with van der Waals surface area (Å²) in [6.07, 6.45) is 1.63. The van der Waals surface area contributed by atoms with Crippen LogP contribution in [0.15, 0.2) is 41.0 Å². The molecule has 0 bridgehead atoms. The van der Waals surface area contributed by atoms with Crippen LogP contribution in [0.1, 0.15) is 18.5 Å². The number of imidazole rings is 1. The van der Waals surface area contributed by atoms with Gasteiger partial charge in [0.05, 0.1) is 50.2 Å². The van der Waals surface area contributed by atoms with Crippen molar-refractivity contribution in [2.45, 2.75) is 20.0 Å². The summed E-state index contributed by atoms with van der Waals surface area (Å²) in [6, 6.07) is 9.87. The minimum atomic E-state index is 0.241. The summed E-state index contributed by atoms with van der Waals surface area (Å²) in [5.74, 6) is 2.48. The lowest BCUT2D eigenvalue weighted by Crippen LogP contribution is -2.35. The molecule has 1 saturated heterocycles. The van der Waals surface area contributed by atoms with Gasteiger partial charge in [0.1, 0.15) is 11.6 Å². The highest BCUT2D eigenvalue weighted by molar-refractivity contribution is 5.80. The summed E-state index contributed by atoms with van der Waals surface area (Å²) in [5.41, 5.74) is 2.67. The monoisotopic (exact) mass is 450 g/mol. The molecule has 172 valence electrons. The first kappa shape index (κ1) is 21.2. The van der Waals surface area contributed by atoms with Crippen LogP contribution < -0.4 is 15.4 Å². The number of nitrogens with one attached hydrogen (secondary N) is 3. The largest absolute Gasteiger partial charge is 0.467 e. The average Bonchev–Trinajstić information content (AvgIpc) is 3.48. The molecule has 11 heteroatoms. The van der Waals surface area contributed by atoms with Gasteiger partial charge in [-0.3, -0.25) is 4.90 Å². The Balaban J connectivity index is 1.31. The SMILES string of the molecule is CCOc1nc(NCc2ccco2)nc(Nc2ccc3[nH]c(CN4CCOCC4)nc3c2)n1. The number of aromatic amines is 1. The Morgan fingerprint density at radius 3 is 2.79 bits per heavy atom. The maximum Gasteiger partial charge on any atom is 0.323 e. The zero-order chi connectivity index (χ0) is 22.5. The van der Waals surface area contributed by atoms with E-state index in [4.69, 9.17) is 18.9 Å². The van der Waals surface area contributed by atoms with E-state index in [9.17, 15) is 0 Å². The van der Waals surface area contributed by atoms with E-state index in [0.29, 0.717) is 25.0 Å². The third-order valence-electron chi connectivity index (χ3n) is 5.15. The standard InChI is InChI=1S/C22H26N8O3/c1-2-32-22-28-20(23-13-16-4-3-9-33-16)27-21(29-22)24-15-5-6-17-18(12-15)26-19(25-17)14-30-7-10-31-11-8-30/h3-6,9,12H,2,7-8,10-11,13-14H2,1H3,(H,25,26)(H2,23,24,27,28,29). The number of nitrogens with zero attached hydrogens (tertiary/aromatic N) is 5. The van der Waals surface area contributed by atoms with Gasteiger partial charge in [-0.15, -0.1) is 0 Å². The fourth-order valence-corrected chi connectivity index (χ4v) is 3.58. The fraction of sp³-hybridized carbons (Fsp3) is 0.364. The van der Waals surface area contributed by atoms with Gasteiger partial charge >= 0.3 is 6.01 Å². The minimum Gasteiger partial charge on any atom is -0.467 e. The summed E-state index contributed by atoms with van der Waals surface area (Å²) >= 11 is 0. The Bertz CT molecular complexity index is 1190. The molecule has 0 aliphatic carbocycles. The molecular weight excluding hydrogens is 424 g/mol. The summed E-state index contributed by atoms with van der Waals surface area (Å²) in [5, 5.41) is 6.37. The van der Waals surface area contributed by atoms with Gasteiger partial charge in [0.25, 0.3) is 0 Å². The molecule has 1 fully saturated rings. The van der Waals surface area contributed by atoms with Crippen LogP contribution in [0.25, 0.3) is 11.0 Å². The zero-order valence-corrected chi connectivity index (χ0v) is 18.4. The Morgan fingerprint density at radius 1 is 1.09 bits per heavy atom. The lowest BCUT2D eigenvalue weighted by Gasteiger charge is -2.25. The summed E-state index contributed by atoms with van der Waals surface area (Å²) in [7, 11) is 0. The maximum atomic E-state index is 5.51. The molecule has 33 heavy (non-hydrogen) atoms. The lowest BCUT2D eigenvalue weighted by molar-refractivity contribution is 0.0332. The van der Waals surface area contributed by atoms with Gasteiger partial charge in [-0.25, -0.2) is 4.98 Å². The van der Waals surface area contributed by atoms with E-state index >= 15 is 0 Å². The number of benzene rings is 1. The van der Waals surface area contributed by atoms with E-state index in [-0.39, 0.29) is 6.01 Å². The summed E-state index contributed by atoms with van der Waals surface area (Å²) in [4.78, 5) is 23.6. The Morgan fingerprint density at radius 2 is 1.97 bits per heavy atom. The molecule has 4 heterocycles. The van der Waals surface area contributed by atoms with Crippen LogP contribution in [0.2, 0.25) is 0 Å². The molecule has 1 aliphatic heterocycles. The van der Waals surface area contributed by atoms with Gasteiger partial charge in [-0.2, -0.15) is 15.0 Å². The van der Waals surface area contributed by atoms with Crippen molar-refractivity contribution in [1.29, 1.82) is 0 Å². The highest BCUT2D eigenvalue weighted by Gasteiger charge is 2.14. The van der Waals surface area contributed by atoms with Gasteiger partial charge < -0.3 is 29.5 Å². The Labute approximate surface area is 190 Å². The zero-order valence-electron chi connectivity index (χ0n) is 18.4. The fourth-order valence-electron chi connectivity index (χ4n) is 3.58. The molecule has 11 nitrogen and oxygen atoms in total. The third kappa shape index (κ3) is 5.38. The van der Waals surface area contributed by atoms with Crippen molar-refractivity contribution in [2.75, 3.05) is 43.5 Å². The van der Waals surface area contributed by atoms with Crippen LogP contribution in [0.3, 0.4) is 0 Å². The number of anilines is 3. The first-order valence-electron chi connectivity index (χ1n) is 11.0. The van der Waals surface area contributed by atoms with Gasteiger partial charge in [-0.1, -0.05) is 0 Å². The van der Waals surface area contributed by atoms with Crippen LogP contribution in [0.5, 0.6) is 6.01 Å². The average molecular weight is 451 g/mol. The number of hydrogen-bond donors (Lipinski definition) is 3. The van der Waals surface area contributed by atoms with Crippen LogP contribution in [0, 0.1) is 0 Å². The first-order chi connectivity index (χ1) is 16.2. The van der Waals surface area contributed by atoms with Crippen LogP contribution >= 0.6 is 0 Å². The molecule has 5 rings (SSSR count). The second kappa shape index (κ2) is 9.84. The summed E-state index contributed by atoms with van der Waals surface area (Å²) < 4.78 is 16.3. The molecule has 3 aromatic heterocycles. The predicted molar refractivity (Wildman–Crippen MR) is 123 cm³/mol. The predicted octanol–water partition coefficient (Wildman–Crippen LogP) is 2.93. The molecule has 1 aliphatic rings. The van der Waals surface area contributed by atoms with Crippen molar-refractivity contribution in [3.63, 3.8) is 0 Å². The third-order valence-corrected chi connectivity index (χ3v) is 5.15. The molecule has 0 spiro atoms. The van der Waals surface area contributed by atoms with E-state index in [0.717, 1.165) is 61.2 Å². The molecule has 4 aromatic rings. The van der Waals surface area contributed by atoms with Gasteiger partial charge in [0.2, 0.25) is 11.9 Å². The van der Waals surface area contributed by atoms with E-state index in [1.165, 1.54) is 0 Å². The van der Waals surface area contributed by atoms with Crippen molar-refractivity contribution < 1.29 is 13.9 Å². The number of furan rings is 1. The number of hydrogen-bond acceptors (Lipinski definition) is 10. The molecule has 0 saturated carbocycles. The number of morpholine rings is 1. The number of fused-ring (bicyclic) bond motifs is 1. The first-order valence-corrected chi connectivity index (χ1v) is 11.0. The quantitative estimate of drug-likeness (QED) is 0.350. The van der Waals surface area contributed by atoms with Gasteiger partial charge in [0.15, 0.2) is 0 Å². The molecule has 3 N–H and O–H groups in total. The van der Waals surface area contributed by atoms with Crippen molar-refractivity contribution in [1.82, 2.24) is 29.8 Å². The van der Waals surface area contributed by atoms with E-state index < -0.39 is 0 Å². The van der Waals surface area contributed by atoms with Crippen molar-refractivity contribution >= 4 is 28.6 Å². The number of aromatic nitrogens is 5. The van der Waals surface area contributed by atoms with E-state index in [1.54, 1.807) is 6.26 Å². The number of rotatable bonds is 9. The van der Waals surface area contributed by atoms with Gasteiger partial charge in [-0.05, 0) is 37.3 Å². The second-order valence-electron chi connectivity index (χ2n) is 7.56. The highest BCUT2D eigenvalue weighted by atomic mass is 16.5. The number of H-pyrrole nitrogens is 1. The molecule has 1 aromatic carbocycles. The minimum absolute atomic E-state index is 0.241. The second-order valence-corrected chi connectivity index (χ2v) is 7.56. The smallest absolute Gasteiger partial charge is 0.323 e. The van der Waals surface area contributed by atoms with E-state index in [1.807, 2.05) is 37.3 Å². The van der Waals surface area contributed by atoms with Gasteiger partial charge in [0, 0.05) is 18.8 Å². The maximum absolute atomic E-state index is 5.51. The van der Waals surface area contributed by atoms with E-state index in [2.05, 4.69) is 35.5 Å². The normalized spacial score (nSPS) is 14.5. The Kier molecular flexibility index (Phi) is 6.31. The van der Waals surface area contributed by atoms with Crippen molar-refractivity contribution in [3.05, 3.63) is 48.2 Å². The highest BCUT2D eigenvalue weighted by Crippen LogP contribution is 2.22. The molecule has 0 atom stereocenters. The van der Waals surface area contributed by atoms with Crippen LogP contribution in [-0.4, -0.2) is 62.7 Å². The molecule has 0 radical (unpaired) electrons. The van der Waals surface area contributed by atoms with Crippen LogP contribution in [0.4, 0.5) is 17.6 Å². The topological polar surface area (TPSA) is 126 Å². The summed E-state index contributed by atoms with van der Waals surface area (Å²) in [6.45, 7) is 6.93. The number of ether oxygens (including phenoxy) is 2. The lowest BCUT2D eigenvalue weighted by atomic mass is 10.3.